The molecule has 0 fully saturated rings. The quantitative estimate of drug-likeness (QED) is 0.516. The molecule has 0 unspecified atom stereocenters. The molecule has 0 amide bonds. The second kappa shape index (κ2) is 6.27. The highest BCUT2D eigenvalue weighted by Crippen LogP contribution is 2.23. The average molecular weight is 306 g/mol. The Kier molecular flexibility index (Phi) is 4.01. The Balaban J connectivity index is 1.87. The first-order valence-electron chi connectivity index (χ1n) is 7.09. The van der Waals surface area contributed by atoms with Crippen molar-refractivity contribution in [2.75, 3.05) is 0 Å². The molecule has 0 aliphatic carbocycles. The van der Waals surface area contributed by atoms with Gasteiger partial charge in [-0.05, 0) is 30.7 Å². The lowest BCUT2D eigenvalue weighted by molar-refractivity contribution is -0.384. The molecular formula is C18H14N2O3. The third-order valence-electron chi connectivity index (χ3n) is 3.37. The maximum Gasteiger partial charge on any atom is 0.270 e. The van der Waals surface area contributed by atoms with E-state index in [0.717, 1.165) is 11.1 Å². The highest BCUT2D eigenvalue weighted by atomic mass is 16.6. The second-order valence-electron chi connectivity index (χ2n) is 5.01. The van der Waals surface area contributed by atoms with Crippen LogP contribution in [0.15, 0.2) is 59.0 Å². The molecule has 5 heteroatoms. The van der Waals surface area contributed by atoms with Gasteiger partial charge in [-0.25, -0.2) is 4.98 Å². The van der Waals surface area contributed by atoms with Crippen molar-refractivity contribution in [3.8, 4) is 11.5 Å². The Labute approximate surface area is 133 Å². The van der Waals surface area contributed by atoms with Gasteiger partial charge in [0.25, 0.3) is 5.69 Å². The second-order valence-corrected chi connectivity index (χ2v) is 5.01. The minimum Gasteiger partial charge on any atom is -0.441 e. The molecule has 0 spiro atoms. The Morgan fingerprint density at radius 2 is 1.87 bits per heavy atom. The van der Waals surface area contributed by atoms with Crippen molar-refractivity contribution in [2.45, 2.75) is 6.92 Å². The number of non-ortho nitro benzene ring substituents is 1. The summed E-state index contributed by atoms with van der Waals surface area (Å²) in [5.74, 6) is 1.26. The van der Waals surface area contributed by atoms with Crippen LogP contribution in [0.3, 0.4) is 0 Å². The first-order valence-corrected chi connectivity index (χ1v) is 7.09. The monoisotopic (exact) mass is 306 g/mol. The highest BCUT2D eigenvalue weighted by Gasteiger charge is 2.09. The Morgan fingerprint density at radius 3 is 2.61 bits per heavy atom. The molecule has 0 aliphatic heterocycles. The van der Waals surface area contributed by atoms with Crippen molar-refractivity contribution in [1.82, 2.24) is 4.98 Å². The van der Waals surface area contributed by atoms with Gasteiger partial charge in [-0.2, -0.15) is 0 Å². The Morgan fingerprint density at radius 1 is 1.09 bits per heavy atom. The number of benzene rings is 2. The molecule has 3 aromatic rings. The van der Waals surface area contributed by atoms with Gasteiger partial charge in [0.05, 0.1) is 4.92 Å². The molecule has 3 rings (SSSR count). The summed E-state index contributed by atoms with van der Waals surface area (Å²) in [6.07, 6.45) is 3.58. The highest BCUT2D eigenvalue weighted by molar-refractivity contribution is 5.70. The van der Waals surface area contributed by atoms with Gasteiger partial charge in [0, 0.05) is 17.7 Å². The molecule has 114 valence electrons. The molecule has 2 aromatic carbocycles. The summed E-state index contributed by atoms with van der Waals surface area (Å²) in [6, 6.07) is 16.1. The summed E-state index contributed by atoms with van der Waals surface area (Å²) < 4.78 is 5.68. The van der Waals surface area contributed by atoms with Gasteiger partial charge in [0.15, 0.2) is 0 Å². The molecule has 0 saturated heterocycles. The predicted molar refractivity (Wildman–Crippen MR) is 88.7 cm³/mol. The molecule has 1 aromatic heterocycles. The van der Waals surface area contributed by atoms with Crippen LogP contribution in [0.25, 0.3) is 23.6 Å². The predicted octanol–water partition coefficient (Wildman–Crippen LogP) is 4.73. The number of nitrogens with zero attached hydrogens (tertiary/aromatic N) is 2. The van der Waals surface area contributed by atoms with Crippen molar-refractivity contribution < 1.29 is 9.34 Å². The molecule has 0 saturated carbocycles. The zero-order valence-corrected chi connectivity index (χ0v) is 12.5. The number of rotatable bonds is 4. The lowest BCUT2D eigenvalue weighted by Crippen LogP contribution is -1.87. The van der Waals surface area contributed by atoms with Crippen LogP contribution in [-0.2, 0) is 0 Å². The molecule has 23 heavy (non-hydrogen) atoms. The zero-order valence-electron chi connectivity index (χ0n) is 12.5. The van der Waals surface area contributed by atoms with E-state index in [2.05, 4.69) is 4.98 Å². The van der Waals surface area contributed by atoms with E-state index in [1.165, 1.54) is 12.1 Å². The number of aromatic nitrogens is 1. The van der Waals surface area contributed by atoms with Gasteiger partial charge in [0.1, 0.15) is 11.5 Å². The Hall–Kier alpha value is -3.21. The van der Waals surface area contributed by atoms with Crippen molar-refractivity contribution in [2.24, 2.45) is 0 Å². The van der Waals surface area contributed by atoms with Crippen LogP contribution in [0, 0.1) is 17.0 Å². The molecule has 0 aliphatic rings. The summed E-state index contributed by atoms with van der Waals surface area (Å²) >= 11 is 0. The van der Waals surface area contributed by atoms with Crippen molar-refractivity contribution >= 4 is 17.8 Å². The summed E-state index contributed by atoms with van der Waals surface area (Å²) in [5, 5.41) is 10.8. The minimum absolute atomic E-state index is 0.0639. The van der Waals surface area contributed by atoms with E-state index in [4.69, 9.17) is 4.42 Å². The average Bonchev–Trinajstić information content (AvgIpc) is 2.95. The summed E-state index contributed by atoms with van der Waals surface area (Å²) in [5.41, 5.74) is 2.41. The Bertz CT molecular complexity index is 867. The van der Waals surface area contributed by atoms with Crippen molar-refractivity contribution in [3.05, 3.63) is 81.7 Å². The van der Waals surface area contributed by atoms with Gasteiger partial charge in [0.2, 0.25) is 5.89 Å². The van der Waals surface area contributed by atoms with Crippen LogP contribution in [0.4, 0.5) is 5.69 Å². The number of nitro groups is 1. The third kappa shape index (κ3) is 3.35. The van der Waals surface area contributed by atoms with Gasteiger partial charge in [-0.1, -0.05) is 36.4 Å². The minimum atomic E-state index is -0.411. The zero-order chi connectivity index (χ0) is 16.2. The number of nitro benzene ring substituents is 1. The fraction of sp³-hybridized carbons (Fsp3) is 0.0556. The van der Waals surface area contributed by atoms with Crippen LogP contribution in [0.1, 0.15) is 17.0 Å². The number of aryl methyl sites for hydroxylation is 1. The standard InChI is InChI=1S/C18H14N2O3/c1-13-17(19-18(23-13)15-7-3-2-4-8-15)11-10-14-6-5-9-16(12-14)20(21)22/h2-12H,1H3/b11-10+. The fourth-order valence-electron chi connectivity index (χ4n) is 2.18. The van der Waals surface area contributed by atoms with Gasteiger partial charge in [-0.3, -0.25) is 10.1 Å². The van der Waals surface area contributed by atoms with Crippen molar-refractivity contribution in [3.63, 3.8) is 0 Å². The normalized spacial score (nSPS) is 11.0. The molecule has 0 N–H and O–H groups in total. The smallest absolute Gasteiger partial charge is 0.270 e. The number of hydrogen-bond donors (Lipinski definition) is 0. The van der Waals surface area contributed by atoms with E-state index < -0.39 is 4.92 Å². The third-order valence-corrected chi connectivity index (χ3v) is 3.37. The molecule has 0 bridgehead atoms. The first kappa shape index (κ1) is 14.7. The maximum atomic E-state index is 10.8. The topological polar surface area (TPSA) is 69.2 Å². The maximum absolute atomic E-state index is 10.8. The van der Waals surface area contributed by atoms with Gasteiger partial charge >= 0.3 is 0 Å². The van der Waals surface area contributed by atoms with E-state index in [1.807, 2.05) is 37.3 Å². The van der Waals surface area contributed by atoms with Crippen LogP contribution in [-0.4, -0.2) is 9.91 Å². The van der Waals surface area contributed by atoms with E-state index in [1.54, 1.807) is 24.3 Å². The first-order chi connectivity index (χ1) is 11.1. The SMILES string of the molecule is Cc1oc(-c2ccccc2)nc1/C=C/c1cccc([N+](=O)[O-])c1. The summed E-state index contributed by atoms with van der Waals surface area (Å²) in [4.78, 5) is 14.9. The van der Waals surface area contributed by atoms with E-state index in [9.17, 15) is 10.1 Å². The molecular weight excluding hydrogens is 292 g/mol. The van der Waals surface area contributed by atoms with Crippen molar-refractivity contribution in [1.29, 1.82) is 0 Å². The lowest BCUT2D eigenvalue weighted by atomic mass is 10.1. The summed E-state index contributed by atoms with van der Waals surface area (Å²) in [7, 11) is 0. The van der Waals surface area contributed by atoms with Crippen LogP contribution >= 0.6 is 0 Å². The van der Waals surface area contributed by atoms with E-state index in [0.29, 0.717) is 17.3 Å². The van der Waals surface area contributed by atoms with E-state index in [-0.39, 0.29) is 5.69 Å². The van der Waals surface area contributed by atoms with Gasteiger partial charge < -0.3 is 4.42 Å². The summed E-state index contributed by atoms with van der Waals surface area (Å²) in [6.45, 7) is 1.84. The fourth-order valence-corrected chi connectivity index (χ4v) is 2.18. The van der Waals surface area contributed by atoms with Crippen LogP contribution < -0.4 is 0 Å². The largest absolute Gasteiger partial charge is 0.441 e. The van der Waals surface area contributed by atoms with Gasteiger partial charge in [-0.15, -0.1) is 0 Å². The molecule has 5 nitrogen and oxygen atoms in total. The lowest BCUT2D eigenvalue weighted by Gasteiger charge is -1.94. The van der Waals surface area contributed by atoms with E-state index >= 15 is 0 Å². The van der Waals surface area contributed by atoms with Crippen LogP contribution in [0.2, 0.25) is 0 Å². The molecule has 1 heterocycles. The molecule has 0 atom stereocenters. The number of oxazole rings is 1. The van der Waals surface area contributed by atoms with Crippen LogP contribution in [0.5, 0.6) is 0 Å². The molecule has 0 radical (unpaired) electrons. The number of hydrogen-bond acceptors (Lipinski definition) is 4.